The predicted octanol–water partition coefficient (Wildman–Crippen LogP) is -0.492. The van der Waals surface area contributed by atoms with Crippen LogP contribution in [-0.2, 0) is 14.8 Å². The first-order chi connectivity index (χ1) is 6.87. The fraction of sp³-hybridized carbons (Fsp3) is 0.875. The van der Waals surface area contributed by atoms with Gasteiger partial charge < -0.3 is 10.8 Å². The van der Waals surface area contributed by atoms with E-state index in [1.165, 1.54) is 0 Å². The molecule has 0 radical (unpaired) electrons. The van der Waals surface area contributed by atoms with Crippen LogP contribution in [0.25, 0.3) is 0 Å². The van der Waals surface area contributed by atoms with Crippen LogP contribution in [0.3, 0.4) is 0 Å². The summed E-state index contributed by atoms with van der Waals surface area (Å²) in [6, 6.07) is -0.682. The third kappa shape index (κ3) is 8.34. The van der Waals surface area contributed by atoms with Gasteiger partial charge in [0.15, 0.2) is 0 Å². The molecule has 0 bridgehead atoms. The van der Waals surface area contributed by atoms with E-state index in [1.807, 2.05) is 6.92 Å². The number of carboxylic acids is 1. The second-order valence-electron chi connectivity index (χ2n) is 3.38. The second kappa shape index (κ2) is 6.76. The van der Waals surface area contributed by atoms with Gasteiger partial charge in [0.05, 0.1) is 12.2 Å². The van der Waals surface area contributed by atoms with Crippen LogP contribution in [0.15, 0.2) is 0 Å². The Hall–Kier alpha value is -0.660. The summed E-state index contributed by atoms with van der Waals surface area (Å²) in [5.74, 6) is -0.973. The van der Waals surface area contributed by atoms with Gasteiger partial charge in [-0.3, -0.25) is 4.79 Å². The summed E-state index contributed by atoms with van der Waals surface area (Å²) in [5.41, 5.74) is 5.40. The molecule has 0 heterocycles. The molecule has 4 N–H and O–H groups in total. The molecular formula is C8H18N2O4S. The maximum atomic E-state index is 11.3. The first-order valence-electron chi connectivity index (χ1n) is 4.82. The van der Waals surface area contributed by atoms with Crippen molar-refractivity contribution in [3.05, 3.63) is 0 Å². The van der Waals surface area contributed by atoms with E-state index in [-0.39, 0.29) is 18.7 Å². The van der Waals surface area contributed by atoms with E-state index in [1.54, 1.807) is 0 Å². The number of unbranched alkanes of at least 4 members (excludes halogenated alkanes) is 1. The number of nitrogens with two attached hydrogens (primary N) is 1. The van der Waals surface area contributed by atoms with E-state index in [4.69, 9.17) is 10.8 Å². The van der Waals surface area contributed by atoms with Crippen LogP contribution in [-0.4, -0.2) is 37.8 Å². The molecule has 6 nitrogen and oxygen atoms in total. The largest absolute Gasteiger partial charge is 0.481 e. The van der Waals surface area contributed by atoms with Gasteiger partial charge in [-0.1, -0.05) is 13.3 Å². The monoisotopic (exact) mass is 238 g/mol. The second-order valence-corrected chi connectivity index (χ2v) is 5.31. The number of carboxylic acid groups (broad SMARTS) is 1. The van der Waals surface area contributed by atoms with Gasteiger partial charge in [0.25, 0.3) is 0 Å². The molecule has 0 spiro atoms. The summed E-state index contributed by atoms with van der Waals surface area (Å²) in [7, 11) is -3.30. The highest BCUT2D eigenvalue weighted by Crippen LogP contribution is 1.94. The van der Waals surface area contributed by atoms with Crippen LogP contribution in [0.1, 0.15) is 26.2 Å². The maximum absolute atomic E-state index is 11.3. The predicted molar refractivity (Wildman–Crippen MR) is 56.9 cm³/mol. The average Bonchev–Trinajstić information content (AvgIpc) is 2.11. The smallest absolute Gasteiger partial charge is 0.304 e. The van der Waals surface area contributed by atoms with Crippen molar-refractivity contribution in [2.24, 2.45) is 5.73 Å². The molecule has 0 saturated carbocycles. The Kier molecular flexibility index (Phi) is 6.46. The molecule has 0 aliphatic carbocycles. The minimum atomic E-state index is -3.30. The molecule has 0 aliphatic rings. The SMILES string of the molecule is CCCCS(=O)(=O)NC[C@@H](N)CC(=O)O. The van der Waals surface area contributed by atoms with Crippen LogP contribution < -0.4 is 10.5 Å². The van der Waals surface area contributed by atoms with Crippen LogP contribution >= 0.6 is 0 Å². The Morgan fingerprint density at radius 3 is 2.60 bits per heavy atom. The Labute approximate surface area is 89.9 Å². The zero-order valence-electron chi connectivity index (χ0n) is 8.77. The molecule has 0 unspecified atom stereocenters. The van der Waals surface area contributed by atoms with E-state index < -0.39 is 22.0 Å². The number of aliphatic carboxylic acids is 1. The highest BCUT2D eigenvalue weighted by Gasteiger charge is 2.13. The Morgan fingerprint density at radius 2 is 2.13 bits per heavy atom. The minimum absolute atomic E-state index is 0.0294. The van der Waals surface area contributed by atoms with Crippen molar-refractivity contribution in [3.8, 4) is 0 Å². The third-order valence-corrected chi connectivity index (χ3v) is 3.20. The fourth-order valence-electron chi connectivity index (χ4n) is 0.937. The molecule has 0 aromatic rings. The molecule has 7 heteroatoms. The van der Waals surface area contributed by atoms with Gasteiger partial charge in [-0.25, -0.2) is 13.1 Å². The van der Waals surface area contributed by atoms with Gasteiger partial charge in [0.1, 0.15) is 0 Å². The van der Waals surface area contributed by atoms with E-state index in [0.717, 1.165) is 6.42 Å². The maximum Gasteiger partial charge on any atom is 0.304 e. The lowest BCUT2D eigenvalue weighted by atomic mass is 10.2. The Bertz CT molecular complexity index is 289. The van der Waals surface area contributed by atoms with E-state index >= 15 is 0 Å². The molecule has 0 fully saturated rings. The zero-order chi connectivity index (χ0) is 11.9. The first kappa shape index (κ1) is 14.3. The van der Waals surface area contributed by atoms with Crippen molar-refractivity contribution < 1.29 is 18.3 Å². The van der Waals surface area contributed by atoms with Gasteiger partial charge in [0, 0.05) is 12.6 Å². The van der Waals surface area contributed by atoms with Crippen molar-refractivity contribution >= 4 is 16.0 Å². The van der Waals surface area contributed by atoms with Crippen molar-refractivity contribution in [1.29, 1.82) is 0 Å². The number of hydrogen-bond acceptors (Lipinski definition) is 4. The highest BCUT2D eigenvalue weighted by molar-refractivity contribution is 7.89. The standard InChI is InChI=1S/C8H18N2O4S/c1-2-3-4-15(13,14)10-6-7(9)5-8(11)12/h7,10H,2-6,9H2,1H3,(H,11,12)/t7-/m0/s1. The first-order valence-corrected chi connectivity index (χ1v) is 6.47. The van der Waals surface area contributed by atoms with E-state index in [9.17, 15) is 13.2 Å². The zero-order valence-corrected chi connectivity index (χ0v) is 9.59. The summed E-state index contributed by atoms with van der Waals surface area (Å²) in [6.07, 6.45) is 1.14. The molecule has 0 aromatic carbocycles. The molecule has 0 aliphatic heterocycles. The molecule has 0 saturated heterocycles. The van der Waals surface area contributed by atoms with Gasteiger partial charge in [-0.15, -0.1) is 0 Å². The Balaban J connectivity index is 3.87. The van der Waals surface area contributed by atoms with Gasteiger partial charge in [0.2, 0.25) is 10.0 Å². The van der Waals surface area contributed by atoms with Gasteiger partial charge >= 0.3 is 5.97 Å². The van der Waals surface area contributed by atoms with Crippen LogP contribution in [0.4, 0.5) is 0 Å². The number of rotatable bonds is 8. The van der Waals surface area contributed by atoms with Crippen molar-refractivity contribution in [3.63, 3.8) is 0 Å². The summed E-state index contributed by atoms with van der Waals surface area (Å²) < 4.78 is 24.8. The number of nitrogens with one attached hydrogen (secondary N) is 1. The van der Waals surface area contributed by atoms with Crippen LogP contribution in [0, 0.1) is 0 Å². The average molecular weight is 238 g/mol. The summed E-state index contributed by atoms with van der Waals surface area (Å²) in [4.78, 5) is 10.2. The molecule has 15 heavy (non-hydrogen) atoms. The third-order valence-electron chi connectivity index (χ3n) is 1.77. The Morgan fingerprint density at radius 1 is 1.53 bits per heavy atom. The number of hydrogen-bond donors (Lipinski definition) is 3. The number of carbonyl (C=O) groups is 1. The number of sulfonamides is 1. The lowest BCUT2D eigenvalue weighted by Crippen LogP contribution is -2.39. The lowest BCUT2D eigenvalue weighted by Gasteiger charge is -2.10. The quantitative estimate of drug-likeness (QED) is 0.528. The van der Waals surface area contributed by atoms with Crippen molar-refractivity contribution in [2.45, 2.75) is 32.2 Å². The summed E-state index contributed by atoms with van der Waals surface area (Å²) in [6.45, 7) is 1.87. The van der Waals surface area contributed by atoms with Gasteiger partial charge in [-0.05, 0) is 6.42 Å². The van der Waals surface area contributed by atoms with Crippen LogP contribution in [0.5, 0.6) is 0 Å². The lowest BCUT2D eigenvalue weighted by molar-refractivity contribution is -0.137. The highest BCUT2D eigenvalue weighted by atomic mass is 32.2. The van der Waals surface area contributed by atoms with E-state index in [0.29, 0.717) is 6.42 Å². The fourth-order valence-corrected chi connectivity index (χ4v) is 2.22. The molecule has 1 atom stereocenters. The topological polar surface area (TPSA) is 109 Å². The van der Waals surface area contributed by atoms with E-state index in [2.05, 4.69) is 4.72 Å². The molecule has 90 valence electrons. The molecule has 0 aromatic heterocycles. The minimum Gasteiger partial charge on any atom is -0.481 e. The molecular weight excluding hydrogens is 220 g/mol. The van der Waals surface area contributed by atoms with Gasteiger partial charge in [-0.2, -0.15) is 0 Å². The summed E-state index contributed by atoms with van der Waals surface area (Å²) >= 11 is 0. The van der Waals surface area contributed by atoms with Crippen molar-refractivity contribution in [2.75, 3.05) is 12.3 Å². The summed E-state index contributed by atoms with van der Waals surface area (Å²) in [5, 5.41) is 8.40. The normalized spacial score (nSPS) is 13.7. The van der Waals surface area contributed by atoms with Crippen molar-refractivity contribution in [1.82, 2.24) is 4.72 Å². The molecule has 0 rings (SSSR count). The van der Waals surface area contributed by atoms with Crippen LogP contribution in [0.2, 0.25) is 0 Å². The molecule has 0 amide bonds.